The van der Waals surface area contributed by atoms with E-state index in [0.29, 0.717) is 6.54 Å². The number of rotatable bonds is 5. The zero-order valence-corrected chi connectivity index (χ0v) is 11.2. The Balaban J connectivity index is 2.32. The molecule has 0 bridgehead atoms. The van der Waals surface area contributed by atoms with E-state index in [4.69, 9.17) is 5.84 Å². The number of nitrogens with one attached hydrogen (secondary N) is 1. The first-order chi connectivity index (χ1) is 10.0. The fourth-order valence-electron chi connectivity index (χ4n) is 1.86. The van der Waals surface area contributed by atoms with Crippen LogP contribution in [0.2, 0.25) is 0 Å². The molecular formula is C12H13FN6O2. The van der Waals surface area contributed by atoms with E-state index in [1.807, 2.05) is 0 Å². The van der Waals surface area contributed by atoms with Gasteiger partial charge in [0.25, 0.3) is 0 Å². The molecule has 0 aliphatic heterocycles. The monoisotopic (exact) mass is 292 g/mol. The molecule has 1 heterocycles. The summed E-state index contributed by atoms with van der Waals surface area (Å²) in [5, 5.41) is 11.2. The molecule has 9 heteroatoms. The number of anilines is 2. The van der Waals surface area contributed by atoms with E-state index in [1.165, 1.54) is 18.5 Å². The number of hydrazine groups is 1. The van der Waals surface area contributed by atoms with Crippen molar-refractivity contribution in [1.29, 1.82) is 0 Å². The molecule has 3 N–H and O–H groups in total. The van der Waals surface area contributed by atoms with Gasteiger partial charge in [-0.15, -0.1) is 0 Å². The molecule has 2 rings (SSSR count). The van der Waals surface area contributed by atoms with Crippen LogP contribution >= 0.6 is 0 Å². The third-order valence-electron chi connectivity index (χ3n) is 2.82. The van der Waals surface area contributed by atoms with Crippen molar-refractivity contribution in [1.82, 2.24) is 9.97 Å². The van der Waals surface area contributed by atoms with Gasteiger partial charge in [-0.25, -0.2) is 20.2 Å². The summed E-state index contributed by atoms with van der Waals surface area (Å²) in [6.07, 6.45) is 1.18. The van der Waals surface area contributed by atoms with Gasteiger partial charge < -0.3 is 10.3 Å². The van der Waals surface area contributed by atoms with Gasteiger partial charge in [-0.05, 0) is 17.7 Å². The number of hydrogen-bond acceptors (Lipinski definition) is 7. The van der Waals surface area contributed by atoms with Crippen LogP contribution in [-0.4, -0.2) is 21.9 Å². The summed E-state index contributed by atoms with van der Waals surface area (Å²) in [5.41, 5.74) is 2.65. The van der Waals surface area contributed by atoms with E-state index in [9.17, 15) is 14.5 Å². The molecule has 0 saturated heterocycles. The molecule has 0 fully saturated rings. The largest absolute Gasteiger partial charge is 0.354 e. The van der Waals surface area contributed by atoms with Gasteiger partial charge in [-0.3, -0.25) is 10.1 Å². The molecule has 0 radical (unpaired) electrons. The second-order valence-electron chi connectivity index (χ2n) is 4.28. The van der Waals surface area contributed by atoms with Crippen LogP contribution in [0.4, 0.5) is 21.7 Å². The molecule has 1 aromatic heterocycles. The highest BCUT2D eigenvalue weighted by Gasteiger charge is 2.25. The lowest BCUT2D eigenvalue weighted by molar-refractivity contribution is -0.383. The molecule has 21 heavy (non-hydrogen) atoms. The number of nitrogens with zero attached hydrogens (tertiary/aromatic N) is 4. The van der Waals surface area contributed by atoms with E-state index < -0.39 is 4.92 Å². The van der Waals surface area contributed by atoms with Crippen LogP contribution in [0.15, 0.2) is 30.6 Å². The predicted octanol–water partition coefficient (Wildman–Crippen LogP) is 1.45. The highest BCUT2D eigenvalue weighted by atomic mass is 19.1. The molecule has 110 valence electrons. The number of benzene rings is 1. The SMILES string of the molecule is CN(Cc1ccc(F)cc1)c1ncnc(NN)c1[N+](=O)[O-]. The molecule has 1 aromatic carbocycles. The second kappa shape index (κ2) is 6.09. The smallest absolute Gasteiger partial charge is 0.349 e. The van der Waals surface area contributed by atoms with Crippen molar-refractivity contribution >= 4 is 17.3 Å². The first kappa shape index (κ1) is 14.6. The van der Waals surface area contributed by atoms with Gasteiger partial charge in [0.2, 0.25) is 11.6 Å². The van der Waals surface area contributed by atoms with Crippen molar-refractivity contribution in [3.63, 3.8) is 0 Å². The fraction of sp³-hybridized carbons (Fsp3) is 0.167. The first-order valence-electron chi connectivity index (χ1n) is 5.94. The predicted molar refractivity (Wildman–Crippen MR) is 75.0 cm³/mol. The Morgan fingerprint density at radius 3 is 2.62 bits per heavy atom. The molecule has 0 spiro atoms. The van der Waals surface area contributed by atoms with Crippen LogP contribution in [0, 0.1) is 15.9 Å². The summed E-state index contributed by atoms with van der Waals surface area (Å²) in [4.78, 5) is 19.8. The second-order valence-corrected chi connectivity index (χ2v) is 4.28. The third-order valence-corrected chi connectivity index (χ3v) is 2.82. The zero-order valence-electron chi connectivity index (χ0n) is 11.2. The molecule has 0 amide bonds. The van der Waals surface area contributed by atoms with E-state index in [0.717, 1.165) is 5.56 Å². The summed E-state index contributed by atoms with van der Waals surface area (Å²) in [7, 11) is 1.64. The van der Waals surface area contributed by atoms with Crippen molar-refractivity contribution < 1.29 is 9.31 Å². The van der Waals surface area contributed by atoms with Crippen LogP contribution in [-0.2, 0) is 6.54 Å². The number of halogens is 1. The zero-order chi connectivity index (χ0) is 15.4. The van der Waals surface area contributed by atoms with E-state index in [2.05, 4.69) is 15.4 Å². The summed E-state index contributed by atoms with van der Waals surface area (Å²) >= 11 is 0. The minimum absolute atomic E-state index is 0.0732. The maximum absolute atomic E-state index is 12.9. The number of aromatic nitrogens is 2. The Morgan fingerprint density at radius 2 is 2.05 bits per heavy atom. The van der Waals surface area contributed by atoms with Crippen molar-refractivity contribution in [2.75, 3.05) is 17.4 Å². The normalized spacial score (nSPS) is 10.2. The Kier molecular flexibility index (Phi) is 4.24. The molecule has 0 aliphatic carbocycles. The van der Waals surface area contributed by atoms with E-state index >= 15 is 0 Å². The molecule has 0 aliphatic rings. The topological polar surface area (TPSA) is 110 Å². The van der Waals surface area contributed by atoms with Gasteiger partial charge in [-0.2, -0.15) is 0 Å². The minimum Gasteiger partial charge on any atom is -0.349 e. The van der Waals surface area contributed by atoms with Gasteiger partial charge in [0.05, 0.1) is 4.92 Å². The Bertz CT molecular complexity index is 649. The number of hydrogen-bond donors (Lipinski definition) is 2. The van der Waals surface area contributed by atoms with Gasteiger partial charge >= 0.3 is 5.69 Å². The Morgan fingerprint density at radius 1 is 1.38 bits per heavy atom. The maximum atomic E-state index is 12.9. The van der Waals surface area contributed by atoms with Crippen molar-refractivity contribution in [3.8, 4) is 0 Å². The summed E-state index contributed by atoms with van der Waals surface area (Å²) in [6, 6.07) is 5.84. The van der Waals surface area contributed by atoms with E-state index in [-0.39, 0.29) is 23.1 Å². The Labute approximate surface area is 119 Å². The third kappa shape index (κ3) is 3.20. The quantitative estimate of drug-likeness (QED) is 0.487. The summed E-state index contributed by atoms with van der Waals surface area (Å²) < 4.78 is 12.9. The number of nitrogen functional groups attached to an aromatic ring is 1. The fourth-order valence-corrected chi connectivity index (χ4v) is 1.86. The van der Waals surface area contributed by atoms with Gasteiger partial charge in [0.1, 0.15) is 12.1 Å². The maximum Gasteiger partial charge on any atom is 0.354 e. The van der Waals surface area contributed by atoms with Gasteiger partial charge in [0, 0.05) is 13.6 Å². The van der Waals surface area contributed by atoms with Crippen LogP contribution in [0.25, 0.3) is 0 Å². The molecule has 8 nitrogen and oxygen atoms in total. The van der Waals surface area contributed by atoms with Crippen LogP contribution in [0.3, 0.4) is 0 Å². The number of nitro groups is 1. The molecule has 2 aromatic rings. The van der Waals surface area contributed by atoms with Crippen LogP contribution < -0.4 is 16.2 Å². The molecule has 0 saturated carbocycles. The van der Waals surface area contributed by atoms with E-state index in [1.54, 1.807) is 24.1 Å². The number of nitrogens with two attached hydrogens (primary N) is 1. The average molecular weight is 292 g/mol. The Hall–Kier alpha value is -2.81. The summed E-state index contributed by atoms with van der Waals surface area (Å²) in [6.45, 7) is 0.322. The lowest BCUT2D eigenvalue weighted by Gasteiger charge is -2.18. The van der Waals surface area contributed by atoms with Gasteiger partial charge in [-0.1, -0.05) is 12.1 Å². The van der Waals surface area contributed by atoms with Crippen LogP contribution in [0.1, 0.15) is 5.56 Å². The van der Waals surface area contributed by atoms with Crippen LogP contribution in [0.5, 0.6) is 0 Å². The lowest BCUT2D eigenvalue weighted by atomic mass is 10.2. The van der Waals surface area contributed by atoms with Gasteiger partial charge in [0.15, 0.2) is 0 Å². The van der Waals surface area contributed by atoms with Crippen molar-refractivity contribution in [2.45, 2.75) is 6.54 Å². The highest BCUT2D eigenvalue weighted by Crippen LogP contribution is 2.31. The first-order valence-corrected chi connectivity index (χ1v) is 5.94. The highest BCUT2D eigenvalue weighted by molar-refractivity contribution is 5.69. The standard InChI is InChI=1S/C12H13FN6O2/c1-18(6-8-2-4-9(13)5-3-8)12-10(19(20)21)11(17-14)15-7-16-12/h2-5,7H,6,14H2,1H3,(H,15,16,17). The lowest BCUT2D eigenvalue weighted by Crippen LogP contribution is -2.21. The minimum atomic E-state index is -0.605. The summed E-state index contributed by atoms with van der Waals surface area (Å²) in [5.74, 6) is 4.92. The van der Waals surface area contributed by atoms with Crippen molar-refractivity contribution in [3.05, 3.63) is 52.1 Å². The molecule has 0 atom stereocenters. The average Bonchev–Trinajstić information content (AvgIpc) is 2.48. The molecule has 0 unspecified atom stereocenters. The van der Waals surface area contributed by atoms with Crippen molar-refractivity contribution in [2.24, 2.45) is 5.84 Å². The molecular weight excluding hydrogens is 279 g/mol.